The van der Waals surface area contributed by atoms with Gasteiger partial charge in [0, 0.05) is 32.7 Å². The Labute approximate surface area is 110 Å². The summed E-state index contributed by atoms with van der Waals surface area (Å²) < 4.78 is 0. The zero-order valence-electron chi connectivity index (χ0n) is 10.2. The Morgan fingerprint density at radius 3 is 2.56 bits per heavy atom. The highest BCUT2D eigenvalue weighted by atomic mass is 32.1. The van der Waals surface area contributed by atoms with Gasteiger partial charge in [-0.15, -0.1) is 10.2 Å². The van der Waals surface area contributed by atoms with Gasteiger partial charge in [-0.25, -0.2) is 0 Å². The first-order valence-electron chi connectivity index (χ1n) is 6.33. The van der Waals surface area contributed by atoms with E-state index in [1.54, 1.807) is 0 Å². The number of nitrogen functional groups attached to an aromatic ring is 1. The number of carbonyl (C=O) groups is 1. The van der Waals surface area contributed by atoms with E-state index in [-0.39, 0.29) is 5.91 Å². The molecule has 7 heteroatoms. The number of piperazine rings is 1. The van der Waals surface area contributed by atoms with Crippen LogP contribution in [0.5, 0.6) is 0 Å². The summed E-state index contributed by atoms with van der Waals surface area (Å²) in [4.78, 5) is 16.4. The van der Waals surface area contributed by atoms with E-state index in [1.807, 2.05) is 4.90 Å². The van der Waals surface area contributed by atoms with Gasteiger partial charge in [0.2, 0.25) is 10.1 Å². The molecule has 98 valence electrons. The van der Waals surface area contributed by atoms with E-state index in [1.165, 1.54) is 19.4 Å². The van der Waals surface area contributed by atoms with Crippen LogP contribution in [0, 0.1) is 5.92 Å². The van der Waals surface area contributed by atoms with E-state index >= 15 is 0 Å². The zero-order valence-corrected chi connectivity index (χ0v) is 11.0. The molecule has 2 heterocycles. The van der Waals surface area contributed by atoms with Gasteiger partial charge in [0.05, 0.1) is 0 Å². The summed E-state index contributed by atoms with van der Waals surface area (Å²) >= 11 is 1.16. The van der Waals surface area contributed by atoms with Crippen LogP contribution in [0.3, 0.4) is 0 Å². The van der Waals surface area contributed by atoms with Crippen molar-refractivity contribution in [3.05, 3.63) is 5.01 Å². The average molecular weight is 267 g/mol. The highest BCUT2D eigenvalue weighted by molar-refractivity contribution is 7.16. The van der Waals surface area contributed by atoms with E-state index in [9.17, 15) is 4.79 Å². The van der Waals surface area contributed by atoms with Crippen LogP contribution < -0.4 is 5.73 Å². The topological polar surface area (TPSA) is 75.3 Å². The van der Waals surface area contributed by atoms with Crippen LogP contribution in [0.25, 0.3) is 0 Å². The fourth-order valence-electron chi connectivity index (χ4n) is 2.26. The van der Waals surface area contributed by atoms with Gasteiger partial charge >= 0.3 is 0 Å². The Morgan fingerprint density at radius 1 is 1.28 bits per heavy atom. The average Bonchev–Trinajstić information content (AvgIpc) is 3.09. The second-order valence-corrected chi connectivity index (χ2v) is 5.99. The van der Waals surface area contributed by atoms with Gasteiger partial charge in [-0.3, -0.25) is 9.69 Å². The summed E-state index contributed by atoms with van der Waals surface area (Å²) in [6.07, 6.45) is 2.76. The fourth-order valence-corrected chi connectivity index (χ4v) is 2.83. The van der Waals surface area contributed by atoms with Gasteiger partial charge in [0.15, 0.2) is 0 Å². The maximum absolute atomic E-state index is 12.1. The first-order valence-corrected chi connectivity index (χ1v) is 7.14. The lowest BCUT2D eigenvalue weighted by Crippen LogP contribution is -2.49. The zero-order chi connectivity index (χ0) is 12.5. The number of carbonyl (C=O) groups excluding carboxylic acids is 1. The molecule has 18 heavy (non-hydrogen) atoms. The third-order valence-corrected chi connectivity index (χ3v) is 4.24. The van der Waals surface area contributed by atoms with Crippen LogP contribution in [-0.2, 0) is 0 Å². The maximum Gasteiger partial charge on any atom is 0.284 e. The van der Waals surface area contributed by atoms with Crippen LogP contribution in [-0.4, -0.2) is 58.6 Å². The molecule has 0 radical (unpaired) electrons. The molecule has 1 aromatic heterocycles. The molecule has 6 nitrogen and oxygen atoms in total. The molecule has 1 aliphatic carbocycles. The van der Waals surface area contributed by atoms with E-state index in [4.69, 9.17) is 5.73 Å². The summed E-state index contributed by atoms with van der Waals surface area (Å²) in [5.41, 5.74) is 5.50. The molecule has 1 aromatic rings. The number of anilines is 1. The predicted octanol–water partition coefficient (Wildman–Crippen LogP) is 0.288. The van der Waals surface area contributed by atoms with Gasteiger partial charge in [0.25, 0.3) is 5.91 Å². The highest BCUT2D eigenvalue weighted by Gasteiger charge is 2.28. The molecule has 2 aliphatic rings. The molecule has 2 fully saturated rings. The molecule has 2 N–H and O–H groups in total. The van der Waals surface area contributed by atoms with Gasteiger partial charge in [-0.1, -0.05) is 11.3 Å². The van der Waals surface area contributed by atoms with Crippen molar-refractivity contribution in [1.82, 2.24) is 20.0 Å². The van der Waals surface area contributed by atoms with Gasteiger partial charge in [-0.2, -0.15) is 0 Å². The van der Waals surface area contributed by atoms with E-state index < -0.39 is 0 Å². The van der Waals surface area contributed by atoms with Crippen molar-refractivity contribution in [1.29, 1.82) is 0 Å². The number of rotatable bonds is 3. The van der Waals surface area contributed by atoms with Crippen LogP contribution >= 0.6 is 11.3 Å². The Hall–Kier alpha value is -1.21. The number of amides is 1. The maximum atomic E-state index is 12.1. The third kappa shape index (κ3) is 2.62. The van der Waals surface area contributed by atoms with Gasteiger partial charge in [0.1, 0.15) is 0 Å². The predicted molar refractivity (Wildman–Crippen MR) is 69.4 cm³/mol. The Balaban J connectivity index is 1.53. The summed E-state index contributed by atoms with van der Waals surface area (Å²) in [7, 11) is 0. The van der Waals surface area contributed by atoms with E-state index in [0.717, 1.165) is 43.4 Å². The number of hydrogen-bond acceptors (Lipinski definition) is 6. The largest absolute Gasteiger partial charge is 0.374 e. The lowest BCUT2D eigenvalue weighted by Gasteiger charge is -2.34. The lowest BCUT2D eigenvalue weighted by molar-refractivity contribution is 0.0631. The normalized spacial score (nSPS) is 21.2. The minimum absolute atomic E-state index is 0.0322. The first-order chi connectivity index (χ1) is 8.72. The van der Waals surface area contributed by atoms with Crippen molar-refractivity contribution < 1.29 is 4.79 Å². The molecule has 0 bridgehead atoms. The molecule has 0 aromatic carbocycles. The van der Waals surface area contributed by atoms with E-state index in [2.05, 4.69) is 15.1 Å². The molecule has 0 atom stereocenters. The number of nitrogens with zero attached hydrogens (tertiary/aromatic N) is 4. The minimum atomic E-state index is -0.0322. The van der Waals surface area contributed by atoms with Crippen LogP contribution in [0.4, 0.5) is 5.13 Å². The van der Waals surface area contributed by atoms with Crippen molar-refractivity contribution in [2.24, 2.45) is 5.92 Å². The summed E-state index contributed by atoms with van der Waals surface area (Å²) in [6.45, 7) is 4.71. The van der Waals surface area contributed by atoms with Crippen molar-refractivity contribution >= 4 is 22.4 Å². The van der Waals surface area contributed by atoms with Gasteiger partial charge in [-0.05, 0) is 18.8 Å². The smallest absolute Gasteiger partial charge is 0.284 e. The molecule has 1 saturated carbocycles. The highest BCUT2D eigenvalue weighted by Crippen LogP contribution is 2.30. The number of nitrogens with two attached hydrogens (primary N) is 1. The van der Waals surface area contributed by atoms with Crippen molar-refractivity contribution in [2.75, 3.05) is 38.5 Å². The molecule has 0 spiro atoms. The molecular weight excluding hydrogens is 250 g/mol. The monoisotopic (exact) mass is 267 g/mol. The summed E-state index contributed by atoms with van der Waals surface area (Å²) in [5, 5.41) is 8.25. The first kappa shape index (κ1) is 11.9. The van der Waals surface area contributed by atoms with Gasteiger partial charge < -0.3 is 10.6 Å². The number of aromatic nitrogens is 2. The molecular formula is C11H17N5OS. The summed E-state index contributed by atoms with van der Waals surface area (Å²) in [6, 6.07) is 0. The molecule has 1 amide bonds. The SMILES string of the molecule is Nc1nnc(C(=O)N2CCN(CC3CC3)CC2)s1. The molecule has 1 aliphatic heterocycles. The van der Waals surface area contributed by atoms with E-state index in [0.29, 0.717) is 10.1 Å². The molecule has 1 saturated heterocycles. The standard InChI is InChI=1S/C11H17N5OS/c12-11-14-13-9(18-11)10(17)16-5-3-15(4-6-16)7-8-1-2-8/h8H,1-7H2,(H2,12,14). The van der Waals surface area contributed by atoms with Crippen molar-refractivity contribution in [2.45, 2.75) is 12.8 Å². The second-order valence-electron chi connectivity index (χ2n) is 4.98. The number of hydrogen-bond donors (Lipinski definition) is 1. The molecule has 0 unspecified atom stereocenters. The fraction of sp³-hybridized carbons (Fsp3) is 0.727. The third-order valence-electron chi connectivity index (χ3n) is 3.50. The Morgan fingerprint density at radius 2 is 2.00 bits per heavy atom. The second kappa shape index (κ2) is 4.81. The Kier molecular flexibility index (Phi) is 3.17. The lowest BCUT2D eigenvalue weighted by atomic mass is 10.3. The van der Waals surface area contributed by atoms with Crippen molar-refractivity contribution in [3.63, 3.8) is 0 Å². The van der Waals surface area contributed by atoms with Crippen LogP contribution in [0.1, 0.15) is 22.6 Å². The van der Waals surface area contributed by atoms with Crippen LogP contribution in [0.15, 0.2) is 0 Å². The Bertz CT molecular complexity index is 436. The summed E-state index contributed by atoms with van der Waals surface area (Å²) in [5.74, 6) is 0.880. The van der Waals surface area contributed by atoms with Crippen molar-refractivity contribution in [3.8, 4) is 0 Å². The molecule has 3 rings (SSSR count). The van der Waals surface area contributed by atoms with Crippen LogP contribution in [0.2, 0.25) is 0 Å². The minimum Gasteiger partial charge on any atom is -0.374 e. The quantitative estimate of drug-likeness (QED) is 0.852.